The minimum absolute atomic E-state index is 0.489. The number of hydrogen-bond acceptors (Lipinski definition) is 3. The summed E-state index contributed by atoms with van der Waals surface area (Å²) in [5, 5.41) is 13.3. The Hall–Kier alpha value is -1.75. The van der Waals surface area contributed by atoms with Crippen molar-refractivity contribution < 1.29 is 9.90 Å². The molecule has 94 valence electrons. The molecule has 1 heterocycles. The third-order valence-corrected chi connectivity index (χ3v) is 3.64. The minimum Gasteiger partial charge on any atom is -0.481 e. The maximum Gasteiger partial charge on any atom is 0.311 e. The van der Waals surface area contributed by atoms with Gasteiger partial charge in [-0.2, -0.15) is 5.10 Å². The maximum atomic E-state index is 11.3. The van der Waals surface area contributed by atoms with E-state index in [4.69, 9.17) is 0 Å². The van der Waals surface area contributed by atoms with Crippen molar-refractivity contribution in [3.8, 4) is 0 Å². The summed E-state index contributed by atoms with van der Waals surface area (Å²) in [7, 11) is 1.84. The van der Waals surface area contributed by atoms with Crippen LogP contribution in [-0.2, 0) is 11.8 Å². The molecular formula is C13H14N2O2S. The van der Waals surface area contributed by atoms with Crippen LogP contribution in [0.15, 0.2) is 47.6 Å². The Morgan fingerprint density at radius 3 is 2.72 bits per heavy atom. The van der Waals surface area contributed by atoms with Gasteiger partial charge in [-0.05, 0) is 5.56 Å². The van der Waals surface area contributed by atoms with Crippen molar-refractivity contribution in [2.24, 2.45) is 7.05 Å². The van der Waals surface area contributed by atoms with Crippen molar-refractivity contribution in [2.45, 2.75) is 10.8 Å². The van der Waals surface area contributed by atoms with Crippen molar-refractivity contribution >= 4 is 17.7 Å². The average Bonchev–Trinajstić information content (AvgIpc) is 2.76. The van der Waals surface area contributed by atoms with Gasteiger partial charge < -0.3 is 5.11 Å². The van der Waals surface area contributed by atoms with Crippen LogP contribution in [0.1, 0.15) is 11.5 Å². The monoisotopic (exact) mass is 262 g/mol. The quantitative estimate of drug-likeness (QED) is 0.841. The molecule has 0 saturated heterocycles. The standard InChI is InChI=1S/C13H14N2O2S/c1-15-8-11(7-14-15)18-9-12(13(16)17)10-5-3-2-4-6-10/h2-8,12H,9H2,1H3,(H,16,17). The second-order valence-corrected chi connectivity index (χ2v) is 5.06. The van der Waals surface area contributed by atoms with Gasteiger partial charge in [0.2, 0.25) is 0 Å². The van der Waals surface area contributed by atoms with Gasteiger partial charge in [-0.15, -0.1) is 11.8 Å². The molecule has 0 bridgehead atoms. The summed E-state index contributed by atoms with van der Waals surface area (Å²) in [4.78, 5) is 12.3. The highest BCUT2D eigenvalue weighted by molar-refractivity contribution is 7.99. The number of nitrogens with zero attached hydrogens (tertiary/aromatic N) is 2. The molecule has 1 N–H and O–H groups in total. The van der Waals surface area contributed by atoms with Gasteiger partial charge in [-0.25, -0.2) is 0 Å². The highest BCUT2D eigenvalue weighted by Gasteiger charge is 2.19. The number of rotatable bonds is 5. The summed E-state index contributed by atoms with van der Waals surface area (Å²) in [6.45, 7) is 0. The van der Waals surface area contributed by atoms with Gasteiger partial charge in [-0.1, -0.05) is 30.3 Å². The fourth-order valence-corrected chi connectivity index (χ4v) is 2.69. The summed E-state index contributed by atoms with van der Waals surface area (Å²) < 4.78 is 1.71. The Morgan fingerprint density at radius 1 is 1.44 bits per heavy atom. The Bertz CT molecular complexity index is 525. The number of aryl methyl sites for hydroxylation is 1. The number of carbonyl (C=O) groups is 1. The number of hydrogen-bond donors (Lipinski definition) is 1. The smallest absolute Gasteiger partial charge is 0.311 e. The number of thioether (sulfide) groups is 1. The lowest BCUT2D eigenvalue weighted by Crippen LogP contribution is -2.13. The maximum absolute atomic E-state index is 11.3. The molecule has 1 aromatic heterocycles. The normalized spacial score (nSPS) is 12.3. The fraction of sp³-hybridized carbons (Fsp3) is 0.231. The molecule has 0 aliphatic rings. The zero-order valence-corrected chi connectivity index (χ0v) is 10.8. The van der Waals surface area contributed by atoms with Crippen LogP contribution in [0.2, 0.25) is 0 Å². The first kappa shape index (κ1) is 12.7. The van der Waals surface area contributed by atoms with Crippen LogP contribution >= 0.6 is 11.8 Å². The summed E-state index contributed by atoms with van der Waals surface area (Å²) in [6, 6.07) is 9.31. The molecule has 0 amide bonds. The molecule has 5 heteroatoms. The molecule has 0 radical (unpaired) electrons. The minimum atomic E-state index is -0.794. The van der Waals surface area contributed by atoms with Gasteiger partial charge in [0.1, 0.15) is 0 Å². The molecule has 18 heavy (non-hydrogen) atoms. The largest absolute Gasteiger partial charge is 0.481 e. The predicted octanol–water partition coefficient (Wildman–Crippen LogP) is 2.38. The van der Waals surface area contributed by atoms with Crippen LogP contribution in [-0.4, -0.2) is 26.6 Å². The molecule has 0 spiro atoms. The van der Waals surface area contributed by atoms with Crippen LogP contribution < -0.4 is 0 Å². The van der Waals surface area contributed by atoms with E-state index >= 15 is 0 Å². The van der Waals surface area contributed by atoms with Gasteiger partial charge in [0, 0.05) is 23.9 Å². The topological polar surface area (TPSA) is 55.1 Å². The number of carboxylic acids is 1. The number of benzene rings is 1. The van der Waals surface area contributed by atoms with Crippen LogP contribution in [0.4, 0.5) is 0 Å². The molecule has 0 fully saturated rings. The van der Waals surface area contributed by atoms with Crippen molar-refractivity contribution in [1.82, 2.24) is 9.78 Å². The molecular weight excluding hydrogens is 248 g/mol. The first-order valence-electron chi connectivity index (χ1n) is 5.56. The van der Waals surface area contributed by atoms with E-state index < -0.39 is 11.9 Å². The summed E-state index contributed by atoms with van der Waals surface area (Å²) in [5.41, 5.74) is 0.835. The van der Waals surface area contributed by atoms with E-state index in [0.29, 0.717) is 5.75 Å². The Labute approximate surface area is 110 Å². The lowest BCUT2D eigenvalue weighted by atomic mass is 10.0. The Balaban J connectivity index is 2.06. The van der Waals surface area contributed by atoms with Crippen molar-refractivity contribution in [2.75, 3.05) is 5.75 Å². The zero-order valence-electron chi connectivity index (χ0n) is 9.98. The van der Waals surface area contributed by atoms with Gasteiger partial charge in [0.05, 0.1) is 12.1 Å². The highest BCUT2D eigenvalue weighted by atomic mass is 32.2. The first-order chi connectivity index (χ1) is 8.66. The molecule has 0 aliphatic heterocycles. The molecule has 1 unspecified atom stereocenters. The van der Waals surface area contributed by atoms with E-state index in [1.807, 2.05) is 43.6 Å². The van der Waals surface area contributed by atoms with E-state index in [1.54, 1.807) is 10.9 Å². The second kappa shape index (κ2) is 5.73. The van der Waals surface area contributed by atoms with Gasteiger partial charge >= 0.3 is 5.97 Å². The fourth-order valence-electron chi connectivity index (χ4n) is 1.65. The van der Waals surface area contributed by atoms with Gasteiger partial charge in [0.15, 0.2) is 0 Å². The SMILES string of the molecule is Cn1cc(SCC(C(=O)O)c2ccccc2)cn1. The molecule has 4 nitrogen and oxygen atoms in total. The zero-order chi connectivity index (χ0) is 13.0. The highest BCUT2D eigenvalue weighted by Crippen LogP contribution is 2.26. The molecule has 1 aromatic carbocycles. The van der Waals surface area contributed by atoms with E-state index in [-0.39, 0.29) is 0 Å². The molecule has 2 aromatic rings. The van der Waals surface area contributed by atoms with Gasteiger partial charge in [-0.3, -0.25) is 9.48 Å². The van der Waals surface area contributed by atoms with Crippen molar-refractivity contribution in [3.05, 3.63) is 48.3 Å². The number of aliphatic carboxylic acids is 1. The molecule has 0 saturated carbocycles. The van der Waals surface area contributed by atoms with Crippen molar-refractivity contribution in [1.29, 1.82) is 0 Å². The third-order valence-electron chi connectivity index (χ3n) is 2.60. The summed E-state index contributed by atoms with van der Waals surface area (Å²) in [6.07, 6.45) is 3.63. The van der Waals surface area contributed by atoms with Crippen LogP contribution in [0.5, 0.6) is 0 Å². The lowest BCUT2D eigenvalue weighted by molar-refractivity contribution is -0.138. The van der Waals surface area contributed by atoms with E-state index in [9.17, 15) is 9.90 Å². The van der Waals surface area contributed by atoms with E-state index in [2.05, 4.69) is 5.10 Å². The molecule has 1 atom stereocenters. The van der Waals surface area contributed by atoms with Crippen LogP contribution in [0.3, 0.4) is 0 Å². The molecule has 2 rings (SSSR count). The number of carboxylic acid groups (broad SMARTS) is 1. The second-order valence-electron chi connectivity index (χ2n) is 3.96. The number of aromatic nitrogens is 2. The summed E-state index contributed by atoms with van der Waals surface area (Å²) >= 11 is 1.51. The molecule has 0 aliphatic carbocycles. The van der Waals surface area contributed by atoms with E-state index in [0.717, 1.165) is 10.5 Å². The Kier molecular flexibility index (Phi) is 4.04. The first-order valence-corrected chi connectivity index (χ1v) is 6.54. The predicted molar refractivity (Wildman–Crippen MR) is 70.8 cm³/mol. The van der Waals surface area contributed by atoms with Crippen LogP contribution in [0.25, 0.3) is 0 Å². The van der Waals surface area contributed by atoms with Gasteiger partial charge in [0.25, 0.3) is 0 Å². The average molecular weight is 262 g/mol. The Morgan fingerprint density at radius 2 is 2.17 bits per heavy atom. The van der Waals surface area contributed by atoms with Crippen molar-refractivity contribution in [3.63, 3.8) is 0 Å². The third kappa shape index (κ3) is 3.13. The summed E-state index contributed by atoms with van der Waals surface area (Å²) in [5.74, 6) is -0.778. The van der Waals surface area contributed by atoms with Crippen LogP contribution in [0, 0.1) is 0 Å². The van der Waals surface area contributed by atoms with E-state index in [1.165, 1.54) is 11.8 Å². The lowest BCUT2D eigenvalue weighted by Gasteiger charge is -2.11.